The molecule has 0 amide bonds. The van der Waals surface area contributed by atoms with Crippen molar-refractivity contribution >= 4 is 34.7 Å². The van der Waals surface area contributed by atoms with Crippen LogP contribution in [0.5, 0.6) is 5.75 Å². The number of hydrogen-bond acceptors (Lipinski definition) is 5. The minimum Gasteiger partial charge on any atom is -0.478 e. The zero-order chi connectivity index (χ0) is 23.4. The van der Waals surface area contributed by atoms with Gasteiger partial charge in [0.15, 0.2) is 11.2 Å². The van der Waals surface area contributed by atoms with Gasteiger partial charge in [0.05, 0.1) is 0 Å². The summed E-state index contributed by atoms with van der Waals surface area (Å²) in [4.78, 5) is 18.3. The fourth-order valence-electron chi connectivity index (χ4n) is 3.43. The van der Waals surface area contributed by atoms with E-state index >= 15 is 0 Å². The molecular formula is C26H25ClN2O4. The van der Waals surface area contributed by atoms with E-state index in [1.54, 1.807) is 6.07 Å². The third kappa shape index (κ3) is 5.46. The van der Waals surface area contributed by atoms with E-state index in [1.807, 2.05) is 66.7 Å². The lowest BCUT2D eigenvalue weighted by atomic mass is 10.1. The highest BCUT2D eigenvalue weighted by atomic mass is 35.5. The fraction of sp³-hybridized carbons (Fsp3) is 0.231. The molecule has 0 aliphatic carbocycles. The molecule has 0 aliphatic rings. The molecule has 4 aromatic rings. The number of carboxylic acids is 1. The number of oxazole rings is 1. The SMILES string of the molecule is CC(C)(Oc1ccccc1CCN(Cc1ccc(Cl)cc1)c1nc2ccccc2o1)C(=O)O. The molecule has 0 atom stereocenters. The van der Waals surface area contributed by atoms with Crippen molar-refractivity contribution in [3.8, 4) is 5.75 Å². The maximum atomic E-state index is 11.5. The number of hydrogen-bond donors (Lipinski definition) is 1. The van der Waals surface area contributed by atoms with Gasteiger partial charge in [-0.25, -0.2) is 4.79 Å². The lowest BCUT2D eigenvalue weighted by molar-refractivity contribution is -0.152. The number of rotatable bonds is 9. The zero-order valence-corrected chi connectivity index (χ0v) is 19.2. The standard InChI is InChI=1S/C26H25ClN2O4/c1-26(2,24(30)31)33-22-9-5-3-7-19(22)15-16-29(17-18-11-13-20(27)14-12-18)25-28-21-8-4-6-10-23(21)32-25/h3-14H,15-17H2,1-2H3,(H,30,31). The van der Waals surface area contributed by atoms with Crippen LogP contribution in [0.4, 0.5) is 6.01 Å². The molecule has 0 unspecified atom stereocenters. The van der Waals surface area contributed by atoms with Crippen LogP contribution in [0, 0.1) is 0 Å². The molecule has 0 saturated carbocycles. The predicted molar refractivity (Wildman–Crippen MR) is 129 cm³/mol. The van der Waals surface area contributed by atoms with Crippen molar-refractivity contribution in [3.63, 3.8) is 0 Å². The van der Waals surface area contributed by atoms with E-state index in [2.05, 4.69) is 9.88 Å². The normalized spacial score (nSPS) is 11.5. The van der Waals surface area contributed by atoms with Gasteiger partial charge < -0.3 is 19.2 Å². The molecule has 0 radical (unpaired) electrons. The van der Waals surface area contributed by atoms with Gasteiger partial charge in [-0.1, -0.05) is 54.1 Å². The first kappa shape index (κ1) is 22.7. The monoisotopic (exact) mass is 464 g/mol. The lowest BCUT2D eigenvalue weighted by Crippen LogP contribution is -2.38. The smallest absolute Gasteiger partial charge is 0.347 e. The maximum Gasteiger partial charge on any atom is 0.347 e. The van der Waals surface area contributed by atoms with Gasteiger partial charge in [-0.15, -0.1) is 0 Å². The highest BCUT2D eigenvalue weighted by Crippen LogP contribution is 2.27. The fourth-order valence-corrected chi connectivity index (χ4v) is 3.56. The Morgan fingerprint density at radius 1 is 1.06 bits per heavy atom. The summed E-state index contributed by atoms with van der Waals surface area (Å²) >= 11 is 6.05. The van der Waals surface area contributed by atoms with Crippen LogP contribution in [0.1, 0.15) is 25.0 Å². The molecule has 4 rings (SSSR count). The lowest BCUT2D eigenvalue weighted by Gasteiger charge is -2.25. The first-order valence-electron chi connectivity index (χ1n) is 10.7. The molecule has 170 valence electrons. The van der Waals surface area contributed by atoms with E-state index in [0.29, 0.717) is 36.3 Å². The van der Waals surface area contributed by atoms with Gasteiger partial charge in [0.2, 0.25) is 0 Å². The van der Waals surface area contributed by atoms with Crippen molar-refractivity contribution in [3.05, 3.63) is 88.9 Å². The van der Waals surface area contributed by atoms with Crippen molar-refractivity contribution < 1.29 is 19.1 Å². The number of aliphatic carboxylic acids is 1. The van der Waals surface area contributed by atoms with Crippen molar-refractivity contribution in [2.24, 2.45) is 0 Å². The van der Waals surface area contributed by atoms with E-state index in [-0.39, 0.29) is 0 Å². The number of fused-ring (bicyclic) bond motifs is 1. The molecular weight excluding hydrogens is 440 g/mol. The molecule has 0 fully saturated rings. The van der Waals surface area contributed by atoms with Gasteiger partial charge >= 0.3 is 5.97 Å². The highest BCUT2D eigenvalue weighted by molar-refractivity contribution is 6.30. The van der Waals surface area contributed by atoms with Crippen LogP contribution in [-0.2, 0) is 17.8 Å². The number of nitrogens with zero attached hydrogens (tertiary/aromatic N) is 2. The molecule has 0 bridgehead atoms. The molecule has 33 heavy (non-hydrogen) atoms. The van der Waals surface area contributed by atoms with Crippen molar-refractivity contribution in [1.29, 1.82) is 0 Å². The summed E-state index contributed by atoms with van der Waals surface area (Å²) in [6, 6.07) is 23.3. The zero-order valence-electron chi connectivity index (χ0n) is 18.5. The summed E-state index contributed by atoms with van der Waals surface area (Å²) in [5.41, 5.74) is 2.16. The van der Waals surface area contributed by atoms with Gasteiger partial charge in [0.25, 0.3) is 6.01 Å². The Morgan fingerprint density at radius 3 is 2.48 bits per heavy atom. The third-order valence-electron chi connectivity index (χ3n) is 5.34. The number of anilines is 1. The largest absolute Gasteiger partial charge is 0.478 e. The Hall–Kier alpha value is -3.51. The molecule has 3 aromatic carbocycles. The number of para-hydroxylation sites is 3. The number of benzene rings is 3. The predicted octanol–water partition coefficient (Wildman–Crippen LogP) is 5.97. The van der Waals surface area contributed by atoms with Crippen LogP contribution in [0.15, 0.2) is 77.2 Å². The minimum absolute atomic E-state index is 0.524. The summed E-state index contributed by atoms with van der Waals surface area (Å²) in [5.74, 6) is -0.470. The second-order valence-electron chi connectivity index (χ2n) is 8.29. The van der Waals surface area contributed by atoms with Gasteiger partial charge in [0, 0.05) is 18.1 Å². The summed E-state index contributed by atoms with van der Waals surface area (Å²) in [5, 5.41) is 10.1. The minimum atomic E-state index is -1.33. The summed E-state index contributed by atoms with van der Waals surface area (Å²) in [7, 11) is 0. The molecule has 0 spiro atoms. The Kier molecular flexibility index (Phi) is 6.56. The number of carbonyl (C=O) groups is 1. The molecule has 6 nitrogen and oxygen atoms in total. The first-order chi connectivity index (χ1) is 15.8. The van der Waals surface area contributed by atoms with E-state index in [0.717, 1.165) is 22.2 Å². The van der Waals surface area contributed by atoms with Crippen molar-refractivity contribution in [2.75, 3.05) is 11.4 Å². The molecule has 1 N–H and O–H groups in total. The van der Waals surface area contributed by atoms with E-state index < -0.39 is 11.6 Å². The third-order valence-corrected chi connectivity index (χ3v) is 5.60. The Morgan fingerprint density at radius 2 is 1.76 bits per heavy atom. The van der Waals surface area contributed by atoms with E-state index in [1.165, 1.54) is 13.8 Å². The quantitative estimate of drug-likeness (QED) is 0.328. The average Bonchev–Trinajstić information content (AvgIpc) is 3.22. The van der Waals surface area contributed by atoms with E-state index in [4.69, 9.17) is 20.8 Å². The average molecular weight is 465 g/mol. The second-order valence-corrected chi connectivity index (χ2v) is 8.72. The molecule has 0 saturated heterocycles. The summed E-state index contributed by atoms with van der Waals surface area (Å²) in [6.45, 7) is 4.24. The molecule has 0 aliphatic heterocycles. The van der Waals surface area contributed by atoms with Crippen molar-refractivity contribution in [2.45, 2.75) is 32.4 Å². The Labute approximate surface area is 197 Å². The summed E-state index contributed by atoms with van der Waals surface area (Å²) < 4.78 is 11.9. The topological polar surface area (TPSA) is 75.8 Å². The second kappa shape index (κ2) is 9.55. The van der Waals surface area contributed by atoms with Gasteiger partial charge in [-0.3, -0.25) is 0 Å². The van der Waals surface area contributed by atoms with E-state index in [9.17, 15) is 9.90 Å². The molecule has 1 heterocycles. The number of carboxylic acid groups (broad SMARTS) is 1. The number of halogens is 1. The van der Waals surface area contributed by atoms with Gasteiger partial charge in [-0.05, 0) is 61.7 Å². The van der Waals surface area contributed by atoms with Crippen LogP contribution in [0.2, 0.25) is 5.02 Å². The molecule has 1 aromatic heterocycles. The highest BCUT2D eigenvalue weighted by Gasteiger charge is 2.30. The van der Waals surface area contributed by atoms with Crippen LogP contribution < -0.4 is 9.64 Å². The summed E-state index contributed by atoms with van der Waals surface area (Å²) in [6.07, 6.45) is 0.609. The van der Waals surface area contributed by atoms with Crippen LogP contribution >= 0.6 is 11.6 Å². The Balaban J connectivity index is 1.59. The van der Waals surface area contributed by atoms with Crippen LogP contribution in [0.25, 0.3) is 11.1 Å². The van der Waals surface area contributed by atoms with Crippen LogP contribution in [-0.4, -0.2) is 28.2 Å². The van der Waals surface area contributed by atoms with Gasteiger partial charge in [-0.2, -0.15) is 4.98 Å². The maximum absolute atomic E-state index is 11.5. The van der Waals surface area contributed by atoms with Crippen LogP contribution in [0.3, 0.4) is 0 Å². The first-order valence-corrected chi connectivity index (χ1v) is 11.0. The number of aromatic nitrogens is 1. The van der Waals surface area contributed by atoms with Gasteiger partial charge in [0.1, 0.15) is 11.3 Å². The Bertz CT molecular complexity index is 1220. The molecule has 7 heteroatoms. The van der Waals surface area contributed by atoms with Crippen molar-refractivity contribution in [1.82, 2.24) is 4.98 Å². The number of ether oxygens (including phenoxy) is 1.